The van der Waals surface area contributed by atoms with Gasteiger partial charge in [0.25, 0.3) is 0 Å². The van der Waals surface area contributed by atoms with Gasteiger partial charge in [-0.15, -0.1) is 12.3 Å². The monoisotopic (exact) mass is 205 g/mol. The molecule has 2 heteroatoms. The summed E-state index contributed by atoms with van der Waals surface area (Å²) in [5, 5.41) is 0. The highest BCUT2D eigenvalue weighted by molar-refractivity contribution is 5.99. The third-order valence-corrected chi connectivity index (χ3v) is 2.78. The molecule has 0 saturated heterocycles. The van der Waals surface area contributed by atoms with E-state index in [1.54, 1.807) is 0 Å². The van der Waals surface area contributed by atoms with Crippen LogP contribution in [0.3, 0.4) is 0 Å². The molecular formula is C13H19NO. The van der Waals surface area contributed by atoms with Gasteiger partial charge in [-0.25, -0.2) is 0 Å². The van der Waals surface area contributed by atoms with Crippen LogP contribution in [0.25, 0.3) is 0 Å². The van der Waals surface area contributed by atoms with E-state index in [4.69, 9.17) is 12.2 Å². The summed E-state index contributed by atoms with van der Waals surface area (Å²) in [7, 11) is 0. The average Bonchev–Trinajstić information content (AvgIpc) is 2.16. The number of rotatable bonds is 3. The van der Waals surface area contributed by atoms with E-state index in [1.165, 1.54) is 19.3 Å². The normalized spacial score (nSPS) is 19.3. The van der Waals surface area contributed by atoms with Gasteiger partial charge < -0.3 is 5.73 Å². The SMILES string of the molecule is C#CCC(N)C(=O)C1=CCCCCCC1. The van der Waals surface area contributed by atoms with Crippen LogP contribution in [0.4, 0.5) is 0 Å². The van der Waals surface area contributed by atoms with E-state index in [9.17, 15) is 4.79 Å². The summed E-state index contributed by atoms with van der Waals surface area (Å²) in [6.45, 7) is 0. The Balaban J connectivity index is 2.59. The lowest BCUT2D eigenvalue weighted by atomic mass is 9.93. The maximum atomic E-state index is 11.9. The second-order valence-electron chi connectivity index (χ2n) is 4.06. The van der Waals surface area contributed by atoms with E-state index in [0.717, 1.165) is 24.8 Å². The van der Waals surface area contributed by atoms with Crippen LogP contribution in [0.5, 0.6) is 0 Å². The van der Waals surface area contributed by atoms with Crippen molar-refractivity contribution in [2.24, 2.45) is 5.73 Å². The van der Waals surface area contributed by atoms with Crippen molar-refractivity contribution in [3.05, 3.63) is 11.6 Å². The van der Waals surface area contributed by atoms with E-state index in [0.29, 0.717) is 6.42 Å². The fraction of sp³-hybridized carbons (Fsp3) is 0.615. The van der Waals surface area contributed by atoms with Gasteiger partial charge in [-0.3, -0.25) is 4.79 Å². The molecule has 0 aromatic heterocycles. The molecule has 1 aliphatic carbocycles. The second-order valence-corrected chi connectivity index (χ2v) is 4.06. The Hall–Kier alpha value is -1.07. The molecule has 1 atom stereocenters. The first-order chi connectivity index (χ1) is 7.25. The molecule has 1 rings (SSSR count). The topological polar surface area (TPSA) is 43.1 Å². The molecule has 2 N–H and O–H groups in total. The lowest BCUT2D eigenvalue weighted by molar-refractivity contribution is -0.116. The summed E-state index contributed by atoms with van der Waals surface area (Å²) in [6, 6.07) is -0.499. The Kier molecular flexibility index (Phi) is 5.14. The fourth-order valence-corrected chi connectivity index (χ4v) is 1.87. The number of Topliss-reactive ketones (excluding diaryl/α,β-unsaturated/α-hetero) is 1. The van der Waals surface area contributed by atoms with E-state index in [1.807, 2.05) is 0 Å². The third kappa shape index (κ3) is 3.89. The summed E-state index contributed by atoms with van der Waals surface area (Å²) >= 11 is 0. The Bertz CT molecular complexity index is 285. The molecule has 0 saturated carbocycles. The average molecular weight is 205 g/mol. The third-order valence-electron chi connectivity index (χ3n) is 2.78. The van der Waals surface area contributed by atoms with Gasteiger partial charge in [-0.2, -0.15) is 0 Å². The summed E-state index contributed by atoms with van der Waals surface area (Å²) < 4.78 is 0. The molecule has 2 nitrogen and oxygen atoms in total. The van der Waals surface area contributed by atoms with Crippen LogP contribution in [0.15, 0.2) is 11.6 Å². The number of nitrogens with two attached hydrogens (primary N) is 1. The number of terminal acetylenes is 1. The van der Waals surface area contributed by atoms with Crippen molar-refractivity contribution in [3.63, 3.8) is 0 Å². The Morgan fingerprint density at radius 1 is 1.47 bits per heavy atom. The molecule has 1 unspecified atom stereocenters. The van der Waals surface area contributed by atoms with Crippen molar-refractivity contribution in [2.45, 2.75) is 51.0 Å². The van der Waals surface area contributed by atoms with E-state index >= 15 is 0 Å². The second kappa shape index (κ2) is 6.42. The zero-order chi connectivity index (χ0) is 11.1. The van der Waals surface area contributed by atoms with Gasteiger partial charge in [0.15, 0.2) is 5.78 Å². The van der Waals surface area contributed by atoms with Crippen LogP contribution in [0.2, 0.25) is 0 Å². The van der Waals surface area contributed by atoms with Gasteiger partial charge in [0.1, 0.15) is 0 Å². The highest BCUT2D eigenvalue weighted by Crippen LogP contribution is 2.18. The number of carbonyl (C=O) groups is 1. The largest absolute Gasteiger partial charge is 0.320 e. The van der Waals surface area contributed by atoms with Gasteiger partial charge in [-0.05, 0) is 31.3 Å². The molecule has 15 heavy (non-hydrogen) atoms. The van der Waals surface area contributed by atoms with Gasteiger partial charge in [0.2, 0.25) is 0 Å². The zero-order valence-corrected chi connectivity index (χ0v) is 9.17. The maximum absolute atomic E-state index is 11.9. The lowest BCUT2D eigenvalue weighted by Gasteiger charge is -2.13. The molecule has 0 amide bonds. The van der Waals surface area contributed by atoms with Crippen molar-refractivity contribution >= 4 is 5.78 Å². The Morgan fingerprint density at radius 2 is 2.20 bits per heavy atom. The van der Waals surface area contributed by atoms with Gasteiger partial charge in [0, 0.05) is 6.42 Å². The smallest absolute Gasteiger partial charge is 0.176 e. The van der Waals surface area contributed by atoms with Crippen LogP contribution in [0, 0.1) is 12.3 Å². The molecule has 0 bridgehead atoms. The predicted octanol–water partition coefficient (Wildman–Crippen LogP) is 2.19. The summed E-state index contributed by atoms with van der Waals surface area (Å²) in [5.74, 6) is 2.49. The first-order valence-electron chi connectivity index (χ1n) is 5.68. The van der Waals surface area contributed by atoms with Crippen LogP contribution in [-0.4, -0.2) is 11.8 Å². The molecule has 0 aliphatic heterocycles. The molecular weight excluding hydrogens is 186 g/mol. The maximum Gasteiger partial charge on any atom is 0.176 e. The first-order valence-corrected chi connectivity index (χ1v) is 5.68. The van der Waals surface area contributed by atoms with Gasteiger partial charge >= 0.3 is 0 Å². The van der Waals surface area contributed by atoms with E-state index in [2.05, 4.69) is 12.0 Å². The Morgan fingerprint density at radius 3 is 2.93 bits per heavy atom. The molecule has 1 aliphatic rings. The minimum atomic E-state index is -0.499. The highest BCUT2D eigenvalue weighted by atomic mass is 16.1. The summed E-state index contributed by atoms with van der Waals surface area (Å²) in [4.78, 5) is 11.9. The minimum Gasteiger partial charge on any atom is -0.320 e. The van der Waals surface area contributed by atoms with Crippen LogP contribution < -0.4 is 5.73 Å². The van der Waals surface area contributed by atoms with Crippen LogP contribution >= 0.6 is 0 Å². The predicted molar refractivity (Wildman–Crippen MR) is 62.2 cm³/mol. The Labute approximate surface area is 91.9 Å². The minimum absolute atomic E-state index is 0.0508. The molecule has 0 aromatic rings. The zero-order valence-electron chi connectivity index (χ0n) is 9.17. The van der Waals surface area contributed by atoms with E-state index < -0.39 is 6.04 Å². The summed E-state index contributed by atoms with van der Waals surface area (Å²) in [6.07, 6.45) is 14.2. The van der Waals surface area contributed by atoms with Crippen molar-refractivity contribution in [3.8, 4) is 12.3 Å². The number of ketones is 1. The lowest BCUT2D eigenvalue weighted by Crippen LogP contribution is -2.31. The van der Waals surface area contributed by atoms with Gasteiger partial charge in [0.05, 0.1) is 6.04 Å². The van der Waals surface area contributed by atoms with Crippen molar-refractivity contribution in [1.29, 1.82) is 0 Å². The molecule has 82 valence electrons. The molecule has 0 spiro atoms. The van der Waals surface area contributed by atoms with Crippen LogP contribution in [0.1, 0.15) is 44.9 Å². The first kappa shape index (κ1) is 12.0. The molecule has 0 fully saturated rings. The molecule has 0 aromatic carbocycles. The van der Waals surface area contributed by atoms with Crippen molar-refractivity contribution in [2.75, 3.05) is 0 Å². The number of allylic oxidation sites excluding steroid dienone is 1. The van der Waals surface area contributed by atoms with Crippen LogP contribution in [-0.2, 0) is 4.79 Å². The number of hydrogen-bond donors (Lipinski definition) is 1. The number of hydrogen-bond acceptors (Lipinski definition) is 2. The van der Waals surface area contributed by atoms with Crippen molar-refractivity contribution < 1.29 is 4.79 Å². The van der Waals surface area contributed by atoms with Gasteiger partial charge in [-0.1, -0.05) is 18.9 Å². The highest BCUT2D eigenvalue weighted by Gasteiger charge is 2.17. The standard InChI is InChI=1S/C13H19NO/c1-2-8-12(14)13(15)11-9-6-4-3-5-7-10-11/h1,9,12H,3-8,10,14H2. The molecule has 0 heterocycles. The van der Waals surface area contributed by atoms with E-state index in [-0.39, 0.29) is 5.78 Å². The fourth-order valence-electron chi connectivity index (χ4n) is 1.87. The quantitative estimate of drug-likeness (QED) is 0.718. The summed E-state index contributed by atoms with van der Waals surface area (Å²) in [5.41, 5.74) is 6.62. The number of carbonyl (C=O) groups excluding carboxylic acids is 1. The molecule has 0 radical (unpaired) electrons. The van der Waals surface area contributed by atoms with Crippen molar-refractivity contribution in [1.82, 2.24) is 0 Å².